The van der Waals surface area contributed by atoms with Crippen molar-refractivity contribution in [3.63, 3.8) is 0 Å². The van der Waals surface area contributed by atoms with Gasteiger partial charge in [-0.15, -0.1) is 0 Å². The summed E-state index contributed by atoms with van der Waals surface area (Å²) in [5.74, 6) is -2.73. The van der Waals surface area contributed by atoms with Gasteiger partial charge in [-0.05, 0) is 18.0 Å². The van der Waals surface area contributed by atoms with Crippen molar-refractivity contribution in [3.8, 4) is 0 Å². The molecule has 0 aliphatic heterocycles. The van der Waals surface area contributed by atoms with Crippen LogP contribution >= 0.6 is 15.9 Å². The van der Waals surface area contributed by atoms with Crippen molar-refractivity contribution in [2.75, 3.05) is 0 Å². The Balaban J connectivity index is 3.46. The molecule has 0 bridgehead atoms. The van der Waals surface area contributed by atoms with E-state index in [-0.39, 0.29) is 5.69 Å². The summed E-state index contributed by atoms with van der Waals surface area (Å²) in [6.45, 7) is -5.99. The molecule has 0 N–H and O–H groups in total. The van der Waals surface area contributed by atoms with Crippen molar-refractivity contribution in [1.29, 1.82) is 0 Å². The maximum atomic E-state index is 7.85. The zero-order chi connectivity index (χ0) is 13.5. The van der Waals surface area contributed by atoms with E-state index in [4.69, 9.17) is 9.60 Å². The van der Waals surface area contributed by atoms with Gasteiger partial charge in [0.2, 0.25) is 0 Å². The van der Waals surface area contributed by atoms with Crippen molar-refractivity contribution in [2.45, 2.75) is 19.6 Å². The fourth-order valence-corrected chi connectivity index (χ4v) is 0.877. The molecular weight excluding hydrogens is 190 g/mol. The normalized spacial score (nSPS) is 24.3. The molecule has 0 aliphatic rings. The molecule has 0 radical (unpaired) electrons. The molecule has 0 unspecified atom stereocenters. The number of pyridine rings is 1. The number of aromatic nitrogens is 1. The number of rotatable bonds is 1. The molecule has 10 heavy (non-hydrogen) atoms. The van der Waals surface area contributed by atoms with Crippen LogP contribution in [0.1, 0.15) is 34.9 Å². The average molecular weight is 207 g/mol. The summed E-state index contributed by atoms with van der Waals surface area (Å²) in [5.41, 5.74) is -0.299. The molecule has 1 nitrogen and oxygen atoms in total. The van der Waals surface area contributed by atoms with E-state index in [1.165, 1.54) is 18.3 Å². The lowest BCUT2D eigenvalue weighted by Crippen LogP contribution is -1.90. The monoisotopic (exact) mass is 206 g/mol. The standard InChI is InChI=1S/C8H10BrN/c1-6(2)8-5-7(9)3-4-10-8/h3-6H,1-2H3/i1D3,2D3,6D. The van der Waals surface area contributed by atoms with Crippen LogP contribution < -0.4 is 0 Å². The number of hydrogen-bond acceptors (Lipinski definition) is 1. The van der Waals surface area contributed by atoms with Gasteiger partial charge < -0.3 is 0 Å². The molecule has 0 spiro atoms. The van der Waals surface area contributed by atoms with Crippen LogP contribution in [0, 0.1) is 0 Å². The van der Waals surface area contributed by atoms with Crippen LogP contribution in [0.3, 0.4) is 0 Å². The van der Waals surface area contributed by atoms with Crippen LogP contribution in [0.25, 0.3) is 0 Å². The minimum Gasteiger partial charge on any atom is -0.261 e. The zero-order valence-electron chi connectivity index (χ0n) is 12.1. The molecular formula is C8H10BrN. The highest BCUT2D eigenvalue weighted by molar-refractivity contribution is 9.10. The Kier molecular flexibility index (Phi) is 0.817. The molecule has 0 saturated carbocycles. The van der Waals surface area contributed by atoms with E-state index >= 15 is 0 Å². The first-order chi connectivity index (χ1) is 7.50. The minimum absolute atomic E-state index is 0.299. The summed E-state index contributed by atoms with van der Waals surface area (Å²) >= 11 is 3.10. The summed E-state index contributed by atoms with van der Waals surface area (Å²) in [6, 6.07) is 2.77. The predicted molar refractivity (Wildman–Crippen MR) is 46.0 cm³/mol. The number of nitrogens with zero attached hydrogens (tertiary/aromatic N) is 1. The Labute approximate surface area is 79.4 Å². The molecule has 2 heteroatoms. The summed E-state index contributed by atoms with van der Waals surface area (Å²) in [6.07, 6.45) is 1.26. The lowest BCUT2D eigenvalue weighted by Gasteiger charge is -2.02. The molecule has 54 valence electrons. The van der Waals surface area contributed by atoms with Gasteiger partial charge in [0.15, 0.2) is 0 Å². The molecule has 0 fully saturated rings. The highest BCUT2D eigenvalue weighted by Gasteiger charge is 1.98. The van der Waals surface area contributed by atoms with Crippen LogP contribution in [0.2, 0.25) is 0 Å². The second-order valence-corrected chi connectivity index (χ2v) is 2.65. The summed E-state index contributed by atoms with van der Waals surface area (Å²) < 4.78 is 52.0. The highest BCUT2D eigenvalue weighted by Crippen LogP contribution is 2.15. The predicted octanol–water partition coefficient (Wildman–Crippen LogP) is 2.97. The topological polar surface area (TPSA) is 12.9 Å². The van der Waals surface area contributed by atoms with Crippen molar-refractivity contribution < 1.29 is 9.60 Å². The molecule has 1 aromatic heterocycles. The molecule has 1 heterocycles. The Morgan fingerprint density at radius 3 is 3.20 bits per heavy atom. The minimum atomic E-state index is -2.99. The second kappa shape index (κ2) is 3.15. The van der Waals surface area contributed by atoms with Gasteiger partial charge in [0, 0.05) is 26.0 Å². The van der Waals surface area contributed by atoms with E-state index in [1.54, 1.807) is 0 Å². The number of halogens is 1. The largest absolute Gasteiger partial charge is 0.261 e. The third kappa shape index (κ3) is 1.81. The van der Waals surface area contributed by atoms with E-state index in [2.05, 4.69) is 20.9 Å². The Bertz CT molecular complexity index is 397. The summed E-state index contributed by atoms with van der Waals surface area (Å²) in [7, 11) is 0. The molecule has 1 rings (SSSR count). The van der Waals surface area contributed by atoms with Crippen LogP contribution in [-0.4, -0.2) is 4.98 Å². The maximum Gasteiger partial charge on any atom is 0.0440 e. The zero-order valence-corrected chi connectivity index (χ0v) is 6.64. The van der Waals surface area contributed by atoms with E-state index in [0.717, 1.165) is 0 Å². The van der Waals surface area contributed by atoms with Crippen LogP contribution in [0.15, 0.2) is 22.8 Å². The first-order valence-electron chi connectivity index (χ1n) is 6.12. The van der Waals surface area contributed by atoms with E-state index in [9.17, 15) is 0 Å². The average Bonchev–Trinajstić information content (AvgIpc) is 2.12. The molecule has 1 aromatic rings. The van der Waals surface area contributed by atoms with Gasteiger partial charge in [-0.3, -0.25) is 4.98 Å². The maximum absolute atomic E-state index is 7.85. The third-order valence-corrected chi connectivity index (χ3v) is 1.47. The molecule has 0 aromatic carbocycles. The second-order valence-electron chi connectivity index (χ2n) is 1.73. The summed E-state index contributed by atoms with van der Waals surface area (Å²) in [5, 5.41) is 0. The number of hydrogen-bond donors (Lipinski definition) is 0. The lowest BCUT2D eigenvalue weighted by atomic mass is 10.1. The van der Waals surface area contributed by atoms with Gasteiger partial charge in [0.05, 0.1) is 0 Å². The van der Waals surface area contributed by atoms with Crippen molar-refractivity contribution in [3.05, 3.63) is 28.5 Å². The first kappa shape index (κ1) is 2.59. The van der Waals surface area contributed by atoms with Crippen LogP contribution in [0.5, 0.6) is 0 Å². The van der Waals surface area contributed by atoms with E-state index in [0.29, 0.717) is 4.47 Å². The van der Waals surface area contributed by atoms with Crippen LogP contribution in [0.4, 0.5) is 0 Å². The molecule has 0 aliphatic carbocycles. The van der Waals surface area contributed by atoms with Gasteiger partial charge in [0.25, 0.3) is 0 Å². The third-order valence-electron chi connectivity index (χ3n) is 0.978. The van der Waals surface area contributed by atoms with Gasteiger partial charge in [-0.2, -0.15) is 0 Å². The Hall–Kier alpha value is -0.370. The van der Waals surface area contributed by atoms with Gasteiger partial charge in [-0.25, -0.2) is 0 Å². The van der Waals surface area contributed by atoms with Crippen molar-refractivity contribution in [2.24, 2.45) is 0 Å². The van der Waals surface area contributed by atoms with Crippen LogP contribution in [-0.2, 0) is 0 Å². The van der Waals surface area contributed by atoms with Crippen molar-refractivity contribution >= 4 is 15.9 Å². The quantitative estimate of drug-likeness (QED) is 0.689. The Morgan fingerprint density at radius 2 is 2.60 bits per heavy atom. The fraction of sp³-hybridized carbons (Fsp3) is 0.375. The smallest absolute Gasteiger partial charge is 0.0440 e. The van der Waals surface area contributed by atoms with Gasteiger partial charge in [0.1, 0.15) is 0 Å². The summed E-state index contributed by atoms with van der Waals surface area (Å²) in [4.78, 5) is 3.71. The van der Waals surface area contributed by atoms with Crippen molar-refractivity contribution in [1.82, 2.24) is 4.98 Å². The molecule has 0 atom stereocenters. The van der Waals surface area contributed by atoms with Gasteiger partial charge in [-0.1, -0.05) is 29.6 Å². The molecule has 0 amide bonds. The lowest BCUT2D eigenvalue weighted by molar-refractivity contribution is 0.821. The van der Waals surface area contributed by atoms with Gasteiger partial charge >= 0.3 is 0 Å². The fourth-order valence-electron chi connectivity index (χ4n) is 0.541. The Morgan fingerprint density at radius 1 is 1.80 bits per heavy atom. The first-order valence-corrected chi connectivity index (χ1v) is 3.41. The molecule has 0 saturated heterocycles. The SMILES string of the molecule is [2H]C([2H])([2H])C([2H])(c1cc(Br)ccn1)C([2H])([2H])[2H]. The highest BCUT2D eigenvalue weighted by atomic mass is 79.9. The van der Waals surface area contributed by atoms with E-state index < -0.39 is 19.6 Å². The van der Waals surface area contributed by atoms with E-state index in [1.807, 2.05) is 0 Å².